The van der Waals surface area contributed by atoms with Crippen LogP contribution in [0.3, 0.4) is 0 Å². The summed E-state index contributed by atoms with van der Waals surface area (Å²) in [6, 6.07) is 15.1. The van der Waals surface area contributed by atoms with Gasteiger partial charge in [-0.05, 0) is 56.5 Å². The molecule has 1 N–H and O–H groups in total. The maximum absolute atomic E-state index is 15.0. The van der Waals surface area contributed by atoms with E-state index in [-0.39, 0.29) is 24.7 Å². The topological polar surface area (TPSA) is 35.2 Å². The van der Waals surface area contributed by atoms with Gasteiger partial charge in [-0.15, -0.1) is 11.3 Å². The first-order chi connectivity index (χ1) is 16.8. The number of alkyl halides is 2. The summed E-state index contributed by atoms with van der Waals surface area (Å²) in [5, 5.41) is 2.33. The van der Waals surface area contributed by atoms with Gasteiger partial charge in [0.25, 0.3) is 0 Å². The summed E-state index contributed by atoms with van der Waals surface area (Å²) >= 11 is 1.71. The molecule has 0 unspecified atom stereocenters. The highest BCUT2D eigenvalue weighted by Gasteiger charge is 2.38. The molecule has 4 aromatic rings. The standard InChI is InChI=1S/C28H32F2N4S/c1-17-10-21-20-6-4-5-7-22(20)32-26(21)27(34(17)16-28(2,3)30)19-8-9-24-23(11-19)31-25(35-24)15-33-13-18(12-29)14-33/h4-9,11,17-18,27,32H,10,12-16H2,1-3H3/t17-,27-/m1/s1. The fourth-order valence-electron chi connectivity index (χ4n) is 5.87. The molecule has 7 heteroatoms. The van der Waals surface area contributed by atoms with E-state index in [1.54, 1.807) is 25.2 Å². The number of aromatic amines is 1. The summed E-state index contributed by atoms with van der Waals surface area (Å²) in [6.45, 7) is 8.07. The average Bonchev–Trinajstić information content (AvgIpc) is 3.35. The fourth-order valence-corrected chi connectivity index (χ4v) is 6.86. The molecule has 2 aliphatic rings. The number of thiazole rings is 1. The van der Waals surface area contributed by atoms with Crippen molar-refractivity contribution in [1.29, 1.82) is 0 Å². The number of aromatic nitrogens is 2. The van der Waals surface area contributed by atoms with Gasteiger partial charge < -0.3 is 4.98 Å². The van der Waals surface area contributed by atoms with Crippen LogP contribution in [0.25, 0.3) is 21.1 Å². The zero-order chi connectivity index (χ0) is 24.3. The third kappa shape index (κ3) is 4.28. The van der Waals surface area contributed by atoms with Gasteiger partial charge in [0.2, 0.25) is 0 Å². The Morgan fingerprint density at radius 3 is 2.74 bits per heavy atom. The van der Waals surface area contributed by atoms with Crippen LogP contribution in [0, 0.1) is 5.92 Å². The molecule has 2 aliphatic heterocycles. The molecule has 1 saturated heterocycles. The lowest BCUT2D eigenvalue weighted by atomic mass is 9.87. The Morgan fingerprint density at radius 1 is 1.17 bits per heavy atom. The molecule has 184 valence electrons. The van der Waals surface area contributed by atoms with E-state index < -0.39 is 5.67 Å². The van der Waals surface area contributed by atoms with Crippen molar-refractivity contribution in [3.05, 3.63) is 64.3 Å². The minimum atomic E-state index is -1.30. The Labute approximate surface area is 209 Å². The zero-order valence-corrected chi connectivity index (χ0v) is 21.3. The van der Waals surface area contributed by atoms with Gasteiger partial charge >= 0.3 is 0 Å². The molecule has 0 radical (unpaired) electrons. The summed E-state index contributed by atoms with van der Waals surface area (Å²) in [6.07, 6.45) is 0.894. The van der Waals surface area contributed by atoms with Crippen molar-refractivity contribution in [3.63, 3.8) is 0 Å². The zero-order valence-electron chi connectivity index (χ0n) is 20.5. The van der Waals surface area contributed by atoms with E-state index in [9.17, 15) is 8.78 Å². The summed E-state index contributed by atoms with van der Waals surface area (Å²) in [7, 11) is 0. The van der Waals surface area contributed by atoms with Gasteiger partial charge in [0.1, 0.15) is 10.7 Å². The Hall–Kier alpha value is -2.35. The van der Waals surface area contributed by atoms with Gasteiger partial charge in [-0.2, -0.15) is 0 Å². The van der Waals surface area contributed by atoms with Crippen LogP contribution >= 0.6 is 11.3 Å². The number of nitrogens with zero attached hydrogens (tertiary/aromatic N) is 3. The molecule has 0 amide bonds. The van der Waals surface area contributed by atoms with Gasteiger partial charge in [0, 0.05) is 48.2 Å². The Morgan fingerprint density at radius 2 is 1.97 bits per heavy atom. The highest BCUT2D eigenvalue weighted by atomic mass is 32.1. The number of likely N-dealkylation sites (tertiary alicyclic amines) is 1. The van der Waals surface area contributed by atoms with Crippen LogP contribution in [0.2, 0.25) is 0 Å². The van der Waals surface area contributed by atoms with E-state index in [4.69, 9.17) is 4.98 Å². The number of rotatable bonds is 6. The lowest BCUT2D eigenvalue weighted by Crippen LogP contribution is -2.47. The number of hydrogen-bond donors (Lipinski definition) is 1. The van der Waals surface area contributed by atoms with Crippen molar-refractivity contribution >= 4 is 32.5 Å². The van der Waals surface area contributed by atoms with Crippen molar-refractivity contribution < 1.29 is 8.78 Å². The Bertz CT molecular complexity index is 1360. The summed E-state index contributed by atoms with van der Waals surface area (Å²) in [4.78, 5) is 13.2. The maximum Gasteiger partial charge on any atom is 0.118 e. The largest absolute Gasteiger partial charge is 0.357 e. The van der Waals surface area contributed by atoms with Crippen LogP contribution in [0.4, 0.5) is 8.78 Å². The number of hydrogen-bond acceptors (Lipinski definition) is 4. The molecule has 35 heavy (non-hydrogen) atoms. The molecular formula is C28H32F2N4S. The second-order valence-electron chi connectivity index (χ2n) is 11.0. The second-order valence-corrected chi connectivity index (χ2v) is 12.1. The number of H-pyrrole nitrogens is 1. The normalized spacial score (nSPS) is 22.1. The molecule has 2 aromatic carbocycles. The molecule has 0 saturated carbocycles. The third-order valence-corrected chi connectivity index (χ3v) is 8.48. The minimum Gasteiger partial charge on any atom is -0.357 e. The molecule has 1 fully saturated rings. The van der Waals surface area contributed by atoms with Gasteiger partial charge in [-0.1, -0.05) is 24.3 Å². The van der Waals surface area contributed by atoms with Crippen LogP contribution in [0.5, 0.6) is 0 Å². The number of benzene rings is 2. The summed E-state index contributed by atoms with van der Waals surface area (Å²) in [5.74, 6) is 0.181. The first-order valence-corrected chi connectivity index (χ1v) is 13.3. The molecule has 4 nitrogen and oxygen atoms in total. The molecular weight excluding hydrogens is 462 g/mol. The van der Waals surface area contributed by atoms with Crippen molar-refractivity contribution in [2.45, 2.75) is 51.5 Å². The van der Waals surface area contributed by atoms with E-state index >= 15 is 0 Å². The van der Waals surface area contributed by atoms with Crippen molar-refractivity contribution in [3.8, 4) is 0 Å². The number of fused-ring (bicyclic) bond motifs is 4. The lowest BCUT2D eigenvalue weighted by Gasteiger charge is -2.43. The molecule has 2 aromatic heterocycles. The highest BCUT2D eigenvalue weighted by Crippen LogP contribution is 2.42. The average molecular weight is 495 g/mol. The SMILES string of the molecule is C[C@@H]1Cc2c([nH]c3ccccc23)[C@@H](c2ccc3sc(CN4CC(CF)C4)nc3c2)N1CC(C)(C)F. The van der Waals surface area contributed by atoms with E-state index in [0.29, 0.717) is 6.54 Å². The molecule has 0 bridgehead atoms. The predicted molar refractivity (Wildman–Crippen MR) is 140 cm³/mol. The minimum absolute atomic E-state index is 0.0635. The maximum atomic E-state index is 15.0. The van der Waals surface area contributed by atoms with E-state index in [1.165, 1.54) is 16.6 Å². The molecule has 0 spiro atoms. The van der Waals surface area contributed by atoms with Crippen LogP contribution in [-0.2, 0) is 13.0 Å². The van der Waals surface area contributed by atoms with Crippen LogP contribution in [-0.4, -0.2) is 57.8 Å². The highest BCUT2D eigenvalue weighted by molar-refractivity contribution is 7.18. The molecule has 0 aliphatic carbocycles. The third-order valence-electron chi connectivity index (χ3n) is 7.46. The quantitative estimate of drug-likeness (QED) is 0.343. The number of halogens is 2. The smallest absolute Gasteiger partial charge is 0.118 e. The van der Waals surface area contributed by atoms with Crippen molar-refractivity contribution in [2.75, 3.05) is 26.3 Å². The fraction of sp³-hybridized carbons (Fsp3) is 0.464. The van der Waals surface area contributed by atoms with E-state index in [2.05, 4.69) is 64.2 Å². The van der Waals surface area contributed by atoms with Crippen LogP contribution in [0.15, 0.2) is 42.5 Å². The Balaban J connectivity index is 1.39. The van der Waals surface area contributed by atoms with Crippen molar-refractivity contribution in [2.24, 2.45) is 5.92 Å². The molecule has 4 heterocycles. The summed E-state index contributed by atoms with van der Waals surface area (Å²) in [5.41, 5.74) is 4.46. The predicted octanol–water partition coefficient (Wildman–Crippen LogP) is 6.26. The summed E-state index contributed by atoms with van der Waals surface area (Å²) < 4.78 is 29.0. The van der Waals surface area contributed by atoms with Gasteiger partial charge in [0.05, 0.1) is 29.5 Å². The second kappa shape index (κ2) is 8.64. The van der Waals surface area contributed by atoms with Gasteiger partial charge in [0.15, 0.2) is 0 Å². The van der Waals surface area contributed by atoms with E-state index in [1.807, 2.05) is 0 Å². The first-order valence-electron chi connectivity index (χ1n) is 12.5. The van der Waals surface area contributed by atoms with Crippen LogP contribution in [0.1, 0.15) is 48.6 Å². The molecule has 2 atom stereocenters. The monoisotopic (exact) mass is 494 g/mol. The Kier molecular flexibility index (Phi) is 5.70. The van der Waals surface area contributed by atoms with E-state index in [0.717, 1.165) is 52.4 Å². The van der Waals surface area contributed by atoms with Crippen LogP contribution < -0.4 is 0 Å². The van der Waals surface area contributed by atoms with Gasteiger partial charge in [-0.25, -0.2) is 9.37 Å². The van der Waals surface area contributed by atoms with Gasteiger partial charge in [-0.3, -0.25) is 14.2 Å². The lowest BCUT2D eigenvalue weighted by molar-refractivity contribution is 0.0668. The number of para-hydroxylation sites is 1. The van der Waals surface area contributed by atoms with Crippen molar-refractivity contribution in [1.82, 2.24) is 19.8 Å². The number of nitrogens with one attached hydrogen (secondary N) is 1. The molecule has 6 rings (SSSR count). The first kappa shape index (κ1) is 23.1.